The summed E-state index contributed by atoms with van der Waals surface area (Å²) in [6, 6.07) is 25.1. The van der Waals surface area contributed by atoms with Crippen LogP contribution in [0.3, 0.4) is 0 Å². The van der Waals surface area contributed by atoms with Gasteiger partial charge in [-0.1, -0.05) is 56.3 Å². The fraction of sp³-hybridized carbons (Fsp3) is 0.312. The van der Waals surface area contributed by atoms with Gasteiger partial charge in [-0.3, -0.25) is 0 Å². The van der Waals surface area contributed by atoms with E-state index in [9.17, 15) is 4.79 Å². The molecule has 0 spiro atoms. The molecule has 0 aliphatic rings. The summed E-state index contributed by atoms with van der Waals surface area (Å²) in [5.41, 5.74) is 6.24. The van der Waals surface area contributed by atoms with Gasteiger partial charge in [-0.25, -0.2) is 9.78 Å². The first-order valence-electron chi connectivity index (χ1n) is 13.2. The van der Waals surface area contributed by atoms with E-state index in [0.29, 0.717) is 24.4 Å². The molecule has 0 aliphatic heterocycles. The molecule has 1 N–H and O–H groups in total. The van der Waals surface area contributed by atoms with E-state index < -0.39 is 5.97 Å². The number of anilines is 1. The van der Waals surface area contributed by atoms with Crippen molar-refractivity contribution in [1.82, 2.24) is 4.98 Å². The van der Waals surface area contributed by atoms with Crippen LogP contribution in [0.2, 0.25) is 0 Å². The second-order valence-corrected chi connectivity index (χ2v) is 10.8. The predicted octanol–water partition coefficient (Wildman–Crippen LogP) is 8.41. The van der Waals surface area contributed by atoms with Crippen LogP contribution >= 0.6 is 11.3 Å². The fourth-order valence-corrected chi connectivity index (χ4v) is 5.44. The Morgan fingerprint density at radius 2 is 1.68 bits per heavy atom. The lowest BCUT2D eigenvalue weighted by Crippen LogP contribution is -2.30. The van der Waals surface area contributed by atoms with Gasteiger partial charge < -0.3 is 14.7 Å². The Morgan fingerprint density at radius 3 is 2.32 bits per heavy atom. The quantitative estimate of drug-likeness (QED) is 0.200. The van der Waals surface area contributed by atoms with Crippen molar-refractivity contribution in [3.05, 3.63) is 99.9 Å². The summed E-state index contributed by atoms with van der Waals surface area (Å²) in [6.45, 7) is 10.2. The van der Waals surface area contributed by atoms with Gasteiger partial charge in [-0.2, -0.15) is 0 Å². The van der Waals surface area contributed by atoms with E-state index in [1.807, 2.05) is 0 Å². The van der Waals surface area contributed by atoms with Crippen LogP contribution in [0, 0.1) is 0 Å². The summed E-state index contributed by atoms with van der Waals surface area (Å²) in [6.07, 6.45) is 2.35. The maximum Gasteiger partial charge on any atom is 0.354 e. The van der Waals surface area contributed by atoms with Crippen molar-refractivity contribution >= 4 is 23.0 Å². The second kappa shape index (κ2) is 12.7. The van der Waals surface area contributed by atoms with Crippen LogP contribution in [-0.2, 0) is 13.2 Å². The van der Waals surface area contributed by atoms with Crippen molar-refractivity contribution in [2.24, 2.45) is 0 Å². The van der Waals surface area contributed by atoms with Crippen LogP contribution in [0.1, 0.15) is 72.9 Å². The molecule has 0 saturated heterocycles. The molecule has 4 aromatic rings. The number of ether oxygens (including phenoxy) is 1. The zero-order valence-electron chi connectivity index (χ0n) is 22.6. The fourth-order valence-electron chi connectivity index (χ4n) is 4.64. The monoisotopic (exact) mass is 528 g/mol. The van der Waals surface area contributed by atoms with E-state index in [4.69, 9.17) is 9.84 Å². The Labute approximate surface area is 229 Å². The lowest BCUT2D eigenvalue weighted by molar-refractivity contribution is 0.0689. The molecule has 2 aromatic carbocycles. The van der Waals surface area contributed by atoms with E-state index in [1.54, 1.807) is 23.5 Å². The van der Waals surface area contributed by atoms with Gasteiger partial charge in [-0.15, -0.1) is 11.3 Å². The topological polar surface area (TPSA) is 62.7 Å². The number of hydrogen-bond donors (Lipinski definition) is 1. The number of carboxylic acids is 1. The van der Waals surface area contributed by atoms with Crippen LogP contribution in [0.25, 0.3) is 11.1 Å². The largest absolute Gasteiger partial charge is 0.477 e. The number of nitrogens with zero attached hydrogens (tertiary/aromatic N) is 2. The Hall–Kier alpha value is -3.64. The molecule has 4 rings (SSSR count). The maximum absolute atomic E-state index is 11.1. The normalized spacial score (nSPS) is 11.2. The average Bonchev–Trinajstić information content (AvgIpc) is 3.41. The lowest BCUT2D eigenvalue weighted by Gasteiger charge is -2.30. The molecule has 0 aliphatic carbocycles. The van der Waals surface area contributed by atoms with Crippen molar-refractivity contribution in [1.29, 1.82) is 0 Å². The highest BCUT2D eigenvalue weighted by molar-refractivity contribution is 7.10. The lowest BCUT2D eigenvalue weighted by atomic mass is 9.94. The smallest absolute Gasteiger partial charge is 0.354 e. The minimum absolute atomic E-state index is 0.0240. The van der Waals surface area contributed by atoms with Crippen LogP contribution in [-0.4, -0.2) is 22.1 Å². The van der Waals surface area contributed by atoms with Gasteiger partial charge in [0.25, 0.3) is 0 Å². The zero-order chi connectivity index (χ0) is 27.1. The number of carboxylic acid groups (broad SMARTS) is 1. The third-order valence-electron chi connectivity index (χ3n) is 6.90. The van der Waals surface area contributed by atoms with E-state index >= 15 is 0 Å². The number of carbonyl (C=O) groups is 1. The van der Waals surface area contributed by atoms with Crippen molar-refractivity contribution < 1.29 is 14.6 Å². The summed E-state index contributed by atoms with van der Waals surface area (Å²) < 4.78 is 5.72. The number of aromatic carboxylic acids is 1. The molecule has 0 atom stereocenters. The molecule has 0 amide bonds. The van der Waals surface area contributed by atoms with E-state index in [-0.39, 0.29) is 5.69 Å². The van der Waals surface area contributed by atoms with E-state index in [0.717, 1.165) is 22.5 Å². The molecule has 2 aromatic heterocycles. The third-order valence-corrected chi connectivity index (χ3v) is 7.81. The van der Waals surface area contributed by atoms with Gasteiger partial charge in [0.15, 0.2) is 5.69 Å². The van der Waals surface area contributed by atoms with Crippen LogP contribution in [0.15, 0.2) is 78.2 Å². The van der Waals surface area contributed by atoms with Gasteiger partial charge in [0.05, 0.1) is 0 Å². The summed E-state index contributed by atoms with van der Waals surface area (Å²) in [7, 11) is 0. The van der Waals surface area contributed by atoms with E-state index in [1.165, 1.54) is 35.7 Å². The molecule has 0 saturated carbocycles. The van der Waals surface area contributed by atoms with Gasteiger partial charge in [0, 0.05) is 29.2 Å². The molecule has 0 bridgehead atoms. The van der Waals surface area contributed by atoms with Crippen molar-refractivity contribution in [3.63, 3.8) is 0 Å². The third kappa shape index (κ3) is 6.81. The van der Waals surface area contributed by atoms with Crippen LogP contribution in [0.5, 0.6) is 5.88 Å². The van der Waals surface area contributed by atoms with Crippen molar-refractivity contribution in [2.45, 2.75) is 65.6 Å². The Bertz CT molecular complexity index is 1330. The van der Waals surface area contributed by atoms with E-state index in [2.05, 4.69) is 97.6 Å². The first kappa shape index (κ1) is 27.4. The van der Waals surface area contributed by atoms with Crippen LogP contribution < -0.4 is 9.64 Å². The molecule has 0 radical (unpaired) electrons. The maximum atomic E-state index is 11.1. The number of pyridine rings is 1. The minimum Gasteiger partial charge on any atom is -0.477 e. The molecule has 0 unspecified atom stereocenters. The number of hydrogen-bond acceptors (Lipinski definition) is 5. The zero-order valence-corrected chi connectivity index (χ0v) is 23.4. The molecular weight excluding hydrogens is 492 g/mol. The minimum atomic E-state index is -1.07. The molecule has 0 fully saturated rings. The molecule has 5 nitrogen and oxygen atoms in total. The summed E-state index contributed by atoms with van der Waals surface area (Å²) >= 11 is 1.62. The van der Waals surface area contributed by atoms with Gasteiger partial charge >= 0.3 is 5.97 Å². The molecule has 38 heavy (non-hydrogen) atoms. The highest BCUT2D eigenvalue weighted by Crippen LogP contribution is 2.29. The number of thiophene rings is 1. The average molecular weight is 529 g/mol. The van der Waals surface area contributed by atoms with Crippen LogP contribution in [0.4, 0.5) is 5.69 Å². The van der Waals surface area contributed by atoms with Gasteiger partial charge in [0.2, 0.25) is 5.88 Å². The number of rotatable bonds is 12. The summed E-state index contributed by atoms with van der Waals surface area (Å²) in [4.78, 5) is 18.6. The molecule has 198 valence electrons. The highest BCUT2D eigenvalue weighted by Gasteiger charge is 2.14. The summed E-state index contributed by atoms with van der Waals surface area (Å²) in [5.74, 6) is -0.124. The standard InChI is InChI=1S/C32H36N2O3S/c1-5-24(6-2)25-14-16-28(17-15-25)34(22(3)4)19-23-10-12-26(13-11-23)27-18-29(38-21-27)20-37-31-9-7-8-30(33-31)32(35)36/h7-18,21-22,24H,5-6,19-20H2,1-4H3,(H,35,36). The SMILES string of the molecule is CCC(CC)c1ccc(N(Cc2ccc(-c3csc(COc4cccc(C(=O)O)n4)c3)cc2)C(C)C)cc1. The Balaban J connectivity index is 1.40. The first-order valence-corrected chi connectivity index (χ1v) is 14.1. The predicted molar refractivity (Wildman–Crippen MR) is 156 cm³/mol. The Kier molecular flexibility index (Phi) is 9.19. The van der Waals surface area contributed by atoms with Gasteiger partial charge in [0.1, 0.15) is 6.61 Å². The summed E-state index contributed by atoms with van der Waals surface area (Å²) in [5, 5.41) is 11.2. The molecule has 6 heteroatoms. The number of benzene rings is 2. The van der Waals surface area contributed by atoms with Crippen molar-refractivity contribution in [3.8, 4) is 17.0 Å². The molecule has 2 heterocycles. The van der Waals surface area contributed by atoms with Gasteiger partial charge in [-0.05, 0) is 84.5 Å². The number of aromatic nitrogens is 1. The first-order chi connectivity index (χ1) is 18.4. The highest BCUT2D eigenvalue weighted by atomic mass is 32.1. The molecular formula is C32H36N2O3S. The second-order valence-electron chi connectivity index (χ2n) is 9.78. The van der Waals surface area contributed by atoms with Crippen molar-refractivity contribution in [2.75, 3.05) is 4.90 Å². The Morgan fingerprint density at radius 1 is 0.974 bits per heavy atom.